The lowest BCUT2D eigenvalue weighted by atomic mass is 10.1. The molecule has 2 aromatic heterocycles. The Hall–Kier alpha value is -3.95. The summed E-state index contributed by atoms with van der Waals surface area (Å²) >= 11 is 0. The molecule has 0 saturated carbocycles. The summed E-state index contributed by atoms with van der Waals surface area (Å²) in [5.74, 6) is -1.03. The van der Waals surface area contributed by atoms with Crippen LogP contribution in [0.4, 0.5) is 23.2 Å². The van der Waals surface area contributed by atoms with Gasteiger partial charge in [0.2, 0.25) is 5.88 Å². The maximum atomic E-state index is 14.4. The highest BCUT2D eigenvalue weighted by Gasteiger charge is 2.35. The summed E-state index contributed by atoms with van der Waals surface area (Å²) in [5, 5.41) is 0.111. The molecule has 0 radical (unpaired) electrons. The van der Waals surface area contributed by atoms with Gasteiger partial charge < -0.3 is 14.2 Å². The van der Waals surface area contributed by atoms with Gasteiger partial charge >= 0.3 is 6.18 Å². The summed E-state index contributed by atoms with van der Waals surface area (Å²) in [6.07, 6.45) is -2.18. The zero-order valence-electron chi connectivity index (χ0n) is 18.5. The molecule has 0 saturated heterocycles. The molecule has 4 aromatic rings. The van der Waals surface area contributed by atoms with Gasteiger partial charge in [-0.1, -0.05) is 12.1 Å². The minimum absolute atomic E-state index is 0.000124. The van der Waals surface area contributed by atoms with Crippen LogP contribution >= 0.6 is 0 Å². The molecule has 0 amide bonds. The topological polar surface area (TPSA) is 60.3 Å². The predicted molar refractivity (Wildman–Crippen MR) is 120 cm³/mol. The van der Waals surface area contributed by atoms with E-state index in [1.807, 2.05) is 0 Å². The first-order chi connectivity index (χ1) is 16.0. The average molecular weight is 472 g/mol. The minimum atomic E-state index is -4.68. The quantitative estimate of drug-likeness (QED) is 0.376. The van der Waals surface area contributed by atoms with Crippen LogP contribution in [-0.4, -0.2) is 28.6 Å². The minimum Gasteiger partial charge on any atom is -0.436 e. The number of hydrogen-bond donors (Lipinski definition) is 0. The zero-order chi connectivity index (χ0) is 24.6. The molecule has 0 aliphatic heterocycles. The standard InChI is InChI=1S/C24H20F4N4O2/c1-14-6-7-15(18(25)9-14)12-32-13-30-22(33)16-10-21(20(31(2)3)11-19(16)32)34-23-17(24(26,27)28)5-4-8-29-23/h4-11,13H,12H2,1-3H3. The first-order valence-electron chi connectivity index (χ1n) is 10.2. The summed E-state index contributed by atoms with van der Waals surface area (Å²) in [4.78, 5) is 21.8. The monoisotopic (exact) mass is 472 g/mol. The number of fused-ring (bicyclic) bond motifs is 1. The highest BCUT2D eigenvalue weighted by Crippen LogP contribution is 2.39. The van der Waals surface area contributed by atoms with Gasteiger partial charge in [0.15, 0.2) is 5.75 Å². The van der Waals surface area contributed by atoms with Crippen LogP contribution in [0.15, 0.2) is 59.8 Å². The molecule has 0 unspecified atom stereocenters. The molecule has 0 atom stereocenters. The van der Waals surface area contributed by atoms with Crippen LogP contribution in [0.2, 0.25) is 0 Å². The number of aryl methyl sites for hydroxylation is 1. The van der Waals surface area contributed by atoms with E-state index in [0.29, 0.717) is 16.8 Å². The number of halogens is 4. The second-order valence-electron chi connectivity index (χ2n) is 7.96. The molecule has 6 nitrogen and oxygen atoms in total. The van der Waals surface area contributed by atoms with Crippen LogP contribution in [-0.2, 0) is 12.7 Å². The number of ether oxygens (including phenoxy) is 1. The van der Waals surface area contributed by atoms with Crippen LogP contribution in [0.1, 0.15) is 16.7 Å². The van der Waals surface area contributed by atoms with Gasteiger partial charge in [0, 0.05) is 25.9 Å². The van der Waals surface area contributed by atoms with Crippen molar-refractivity contribution in [1.29, 1.82) is 0 Å². The molecular weight excluding hydrogens is 452 g/mol. The fraction of sp³-hybridized carbons (Fsp3) is 0.208. The number of nitrogens with zero attached hydrogens (tertiary/aromatic N) is 4. The van der Waals surface area contributed by atoms with Crippen LogP contribution in [0.5, 0.6) is 11.6 Å². The van der Waals surface area contributed by atoms with Crippen molar-refractivity contribution in [3.05, 3.63) is 87.9 Å². The van der Waals surface area contributed by atoms with E-state index in [9.17, 15) is 22.4 Å². The van der Waals surface area contributed by atoms with Crippen LogP contribution in [0.3, 0.4) is 0 Å². The largest absolute Gasteiger partial charge is 0.436 e. The zero-order valence-corrected chi connectivity index (χ0v) is 18.5. The molecule has 0 aliphatic rings. The Labute approximate surface area is 192 Å². The van der Waals surface area contributed by atoms with Gasteiger partial charge in [0.1, 0.15) is 11.4 Å². The van der Waals surface area contributed by atoms with Crippen molar-refractivity contribution in [3.8, 4) is 11.6 Å². The summed E-state index contributed by atoms with van der Waals surface area (Å²) in [7, 11) is 3.36. The van der Waals surface area contributed by atoms with Crippen LogP contribution < -0.4 is 15.2 Å². The average Bonchev–Trinajstić information content (AvgIpc) is 2.76. The van der Waals surface area contributed by atoms with E-state index >= 15 is 0 Å². The van der Waals surface area contributed by atoms with Crippen molar-refractivity contribution in [2.24, 2.45) is 0 Å². The van der Waals surface area contributed by atoms with Crippen molar-refractivity contribution >= 4 is 16.6 Å². The van der Waals surface area contributed by atoms with Gasteiger partial charge in [0.25, 0.3) is 5.56 Å². The van der Waals surface area contributed by atoms with E-state index < -0.39 is 29.0 Å². The van der Waals surface area contributed by atoms with Gasteiger partial charge in [-0.15, -0.1) is 0 Å². The molecule has 176 valence electrons. The normalized spacial score (nSPS) is 11.6. The van der Waals surface area contributed by atoms with Gasteiger partial charge in [-0.05, 0) is 42.8 Å². The SMILES string of the molecule is Cc1ccc(Cn2cnc(=O)c3cc(Oc4ncccc4C(F)(F)F)c(N(C)C)cc32)c(F)c1. The Balaban J connectivity index is 1.86. The van der Waals surface area contributed by atoms with Gasteiger partial charge in [0.05, 0.1) is 29.5 Å². The van der Waals surface area contributed by atoms with E-state index in [1.54, 1.807) is 48.7 Å². The van der Waals surface area contributed by atoms with Crippen LogP contribution in [0, 0.1) is 12.7 Å². The Bertz CT molecular complexity index is 1430. The second-order valence-corrected chi connectivity index (χ2v) is 7.96. The number of rotatable bonds is 5. The Kier molecular flexibility index (Phi) is 5.99. The van der Waals surface area contributed by atoms with Gasteiger partial charge in [-0.25, -0.2) is 9.37 Å². The summed E-state index contributed by atoms with van der Waals surface area (Å²) in [6.45, 7) is 1.88. The van der Waals surface area contributed by atoms with Gasteiger partial charge in [-0.2, -0.15) is 18.2 Å². The maximum absolute atomic E-state index is 14.4. The van der Waals surface area contributed by atoms with Crippen molar-refractivity contribution < 1.29 is 22.3 Å². The molecule has 0 fully saturated rings. The van der Waals surface area contributed by atoms with Crippen molar-refractivity contribution in [2.45, 2.75) is 19.6 Å². The summed E-state index contributed by atoms with van der Waals surface area (Å²) in [5.41, 5.74) is 0.352. The first kappa shape index (κ1) is 23.2. The lowest BCUT2D eigenvalue weighted by molar-refractivity contribution is -0.138. The number of benzene rings is 2. The van der Waals surface area contributed by atoms with E-state index in [2.05, 4.69) is 9.97 Å². The number of anilines is 1. The van der Waals surface area contributed by atoms with E-state index in [0.717, 1.165) is 17.7 Å². The Morgan fingerprint density at radius 2 is 1.85 bits per heavy atom. The maximum Gasteiger partial charge on any atom is 0.421 e. The first-order valence-corrected chi connectivity index (χ1v) is 10.2. The lowest BCUT2D eigenvalue weighted by Crippen LogP contribution is -2.16. The second kappa shape index (κ2) is 8.77. The third-order valence-electron chi connectivity index (χ3n) is 5.25. The number of aromatic nitrogens is 3. The van der Waals surface area contributed by atoms with Crippen molar-refractivity contribution in [2.75, 3.05) is 19.0 Å². The molecule has 2 heterocycles. The molecule has 4 rings (SSSR count). The van der Waals surface area contributed by atoms with E-state index in [4.69, 9.17) is 4.74 Å². The molecule has 0 aliphatic carbocycles. The van der Waals surface area contributed by atoms with Crippen molar-refractivity contribution in [1.82, 2.24) is 14.5 Å². The highest BCUT2D eigenvalue weighted by molar-refractivity contribution is 5.86. The summed E-state index contributed by atoms with van der Waals surface area (Å²) < 4.78 is 61.9. The third-order valence-corrected chi connectivity index (χ3v) is 5.25. The molecule has 10 heteroatoms. The Morgan fingerprint density at radius 3 is 2.53 bits per heavy atom. The molecule has 2 aromatic carbocycles. The molecular formula is C24H20F4N4O2. The number of pyridine rings is 1. The fourth-order valence-corrected chi connectivity index (χ4v) is 3.53. The van der Waals surface area contributed by atoms with E-state index in [-0.39, 0.29) is 17.7 Å². The lowest BCUT2D eigenvalue weighted by Gasteiger charge is -2.21. The van der Waals surface area contributed by atoms with Crippen molar-refractivity contribution in [3.63, 3.8) is 0 Å². The number of hydrogen-bond acceptors (Lipinski definition) is 5. The molecule has 0 spiro atoms. The third kappa shape index (κ3) is 4.57. The highest BCUT2D eigenvalue weighted by atomic mass is 19.4. The van der Waals surface area contributed by atoms with Gasteiger partial charge in [-0.3, -0.25) is 4.79 Å². The fourth-order valence-electron chi connectivity index (χ4n) is 3.53. The summed E-state index contributed by atoms with van der Waals surface area (Å²) in [6, 6.07) is 9.79. The Morgan fingerprint density at radius 1 is 1.09 bits per heavy atom. The molecule has 0 N–H and O–H groups in total. The molecule has 34 heavy (non-hydrogen) atoms. The predicted octanol–water partition coefficient (Wildman–Crippen LogP) is 5.16. The smallest absolute Gasteiger partial charge is 0.421 e. The van der Waals surface area contributed by atoms with E-state index in [1.165, 1.54) is 24.7 Å². The number of alkyl halides is 3. The van der Waals surface area contributed by atoms with Crippen LogP contribution in [0.25, 0.3) is 10.9 Å². The molecule has 0 bridgehead atoms.